The van der Waals surface area contributed by atoms with Crippen LogP contribution in [-0.4, -0.2) is 18.5 Å². The molecule has 0 aliphatic heterocycles. The number of halogens is 3. The van der Waals surface area contributed by atoms with Gasteiger partial charge in [-0.25, -0.2) is 13.2 Å². The highest BCUT2D eigenvalue weighted by Crippen LogP contribution is 2.49. The smallest absolute Gasteiger partial charge is 0.134 e. The Labute approximate surface area is 215 Å². The minimum Gasteiger partial charge on any atom is -0.247 e. The Morgan fingerprint density at radius 1 is 0.543 bits per heavy atom. The van der Waals surface area contributed by atoms with Gasteiger partial charge in [-0.05, 0) is 112 Å². The zero-order chi connectivity index (χ0) is 24.8. The molecular formula is C32H55F3. The van der Waals surface area contributed by atoms with Crippen molar-refractivity contribution in [2.75, 3.05) is 0 Å². The van der Waals surface area contributed by atoms with Crippen LogP contribution in [0, 0.1) is 47.3 Å². The number of hydrogen-bond acceptors (Lipinski definition) is 0. The Bertz CT molecular complexity index is 592. The van der Waals surface area contributed by atoms with Gasteiger partial charge in [0.25, 0.3) is 0 Å². The van der Waals surface area contributed by atoms with Crippen molar-refractivity contribution in [3.63, 3.8) is 0 Å². The molecule has 0 aromatic heterocycles. The molecule has 4 saturated carbocycles. The van der Waals surface area contributed by atoms with Gasteiger partial charge in [-0.1, -0.05) is 71.6 Å². The van der Waals surface area contributed by atoms with Crippen LogP contribution < -0.4 is 0 Å². The summed E-state index contributed by atoms with van der Waals surface area (Å²) in [6, 6.07) is 0. The van der Waals surface area contributed by atoms with Gasteiger partial charge in [0, 0.05) is 0 Å². The van der Waals surface area contributed by atoms with E-state index in [4.69, 9.17) is 0 Å². The van der Waals surface area contributed by atoms with Crippen LogP contribution in [0.2, 0.25) is 0 Å². The standard InChI is InChI=1S/C32H55F3/c1-3-5-6-27-18-13-24(21-30(27)33)8-7-23-11-16-26(17-12-23)29-20-19-28(31(34)32(29)35)25-14-9-22(4-2)10-15-25/h22-32H,3-21H2,1-2H3/t22?,23?,24?,25?,26?,27?,28?,29?,30?,31?,32-/m0/s1. The van der Waals surface area contributed by atoms with Gasteiger partial charge in [0.05, 0.1) is 0 Å². The van der Waals surface area contributed by atoms with Gasteiger partial charge in [0.2, 0.25) is 0 Å². The highest BCUT2D eigenvalue weighted by molar-refractivity contribution is 4.95. The maximum absolute atomic E-state index is 15.4. The van der Waals surface area contributed by atoms with Crippen LogP contribution in [-0.2, 0) is 0 Å². The molecule has 0 aromatic carbocycles. The first kappa shape index (κ1) is 27.8. The van der Waals surface area contributed by atoms with Crippen molar-refractivity contribution in [3.8, 4) is 0 Å². The third-order valence-electron chi connectivity index (χ3n) is 11.5. The highest BCUT2D eigenvalue weighted by Gasteiger charge is 2.46. The largest absolute Gasteiger partial charge is 0.247 e. The molecule has 204 valence electrons. The Hall–Kier alpha value is -0.210. The summed E-state index contributed by atoms with van der Waals surface area (Å²) in [5, 5.41) is 0. The van der Waals surface area contributed by atoms with Crippen molar-refractivity contribution in [2.24, 2.45) is 47.3 Å². The quantitative estimate of drug-likeness (QED) is 0.298. The number of rotatable bonds is 9. The molecule has 3 heteroatoms. The summed E-state index contributed by atoms with van der Waals surface area (Å²) in [5.41, 5.74) is 0. The molecule has 4 aliphatic carbocycles. The average Bonchev–Trinajstić information content (AvgIpc) is 2.89. The predicted octanol–water partition coefficient (Wildman–Crippen LogP) is 10.4. The lowest BCUT2D eigenvalue weighted by molar-refractivity contribution is -0.0371. The summed E-state index contributed by atoms with van der Waals surface area (Å²) in [6.45, 7) is 4.46. The number of alkyl halides is 3. The molecule has 0 spiro atoms. The molecule has 4 aliphatic rings. The van der Waals surface area contributed by atoms with Crippen molar-refractivity contribution in [3.05, 3.63) is 0 Å². The normalized spacial score (nSPS) is 45.3. The van der Waals surface area contributed by atoms with Crippen LogP contribution in [0.15, 0.2) is 0 Å². The molecular weight excluding hydrogens is 441 g/mol. The maximum Gasteiger partial charge on any atom is 0.134 e. The first-order valence-electron chi connectivity index (χ1n) is 15.9. The minimum atomic E-state index is -1.23. The molecule has 0 aromatic rings. The predicted molar refractivity (Wildman–Crippen MR) is 142 cm³/mol. The summed E-state index contributed by atoms with van der Waals surface area (Å²) in [6.07, 6.45) is 18.2. The van der Waals surface area contributed by atoms with E-state index in [1.165, 1.54) is 64.2 Å². The second-order valence-corrected chi connectivity index (χ2v) is 13.4. The molecule has 7 atom stereocenters. The van der Waals surface area contributed by atoms with Gasteiger partial charge in [-0.15, -0.1) is 0 Å². The molecule has 0 N–H and O–H groups in total. The summed E-state index contributed by atoms with van der Waals surface area (Å²) >= 11 is 0. The lowest BCUT2D eigenvalue weighted by Gasteiger charge is -2.44. The molecule has 4 fully saturated rings. The van der Waals surface area contributed by atoms with Gasteiger partial charge in [-0.2, -0.15) is 0 Å². The van der Waals surface area contributed by atoms with E-state index in [1.807, 2.05) is 0 Å². The fourth-order valence-corrected chi connectivity index (χ4v) is 8.88. The van der Waals surface area contributed by atoms with Crippen LogP contribution in [0.4, 0.5) is 13.2 Å². The molecule has 4 rings (SSSR count). The van der Waals surface area contributed by atoms with Crippen molar-refractivity contribution < 1.29 is 13.2 Å². The molecule has 0 saturated heterocycles. The van der Waals surface area contributed by atoms with Gasteiger partial charge in [0.15, 0.2) is 0 Å². The summed E-state index contributed by atoms with van der Waals surface area (Å²) in [4.78, 5) is 0. The van der Waals surface area contributed by atoms with E-state index in [-0.39, 0.29) is 11.8 Å². The fraction of sp³-hybridized carbons (Fsp3) is 1.00. The molecule has 0 nitrogen and oxygen atoms in total. The molecule has 0 bridgehead atoms. The van der Waals surface area contributed by atoms with Gasteiger partial charge in [-0.3, -0.25) is 0 Å². The minimum absolute atomic E-state index is 0.0215. The van der Waals surface area contributed by atoms with E-state index < -0.39 is 18.5 Å². The third-order valence-corrected chi connectivity index (χ3v) is 11.5. The Morgan fingerprint density at radius 2 is 1.06 bits per heavy atom. The van der Waals surface area contributed by atoms with E-state index in [1.54, 1.807) is 0 Å². The van der Waals surface area contributed by atoms with E-state index in [0.29, 0.717) is 23.7 Å². The number of hydrogen-bond donors (Lipinski definition) is 0. The first-order chi connectivity index (χ1) is 17.0. The van der Waals surface area contributed by atoms with Gasteiger partial charge >= 0.3 is 0 Å². The highest BCUT2D eigenvalue weighted by atomic mass is 19.2. The van der Waals surface area contributed by atoms with Crippen LogP contribution in [0.25, 0.3) is 0 Å². The summed E-state index contributed by atoms with van der Waals surface area (Å²) in [7, 11) is 0. The molecule has 0 amide bonds. The Morgan fingerprint density at radius 3 is 1.57 bits per heavy atom. The third kappa shape index (κ3) is 7.22. The van der Waals surface area contributed by atoms with Crippen LogP contribution in [0.1, 0.15) is 136 Å². The molecule has 35 heavy (non-hydrogen) atoms. The van der Waals surface area contributed by atoms with Crippen LogP contribution in [0.5, 0.6) is 0 Å². The van der Waals surface area contributed by atoms with Crippen molar-refractivity contribution in [2.45, 2.75) is 154 Å². The van der Waals surface area contributed by atoms with E-state index >= 15 is 8.78 Å². The van der Waals surface area contributed by atoms with Crippen LogP contribution >= 0.6 is 0 Å². The van der Waals surface area contributed by atoms with E-state index in [9.17, 15) is 4.39 Å². The van der Waals surface area contributed by atoms with E-state index in [0.717, 1.165) is 69.6 Å². The molecule has 6 unspecified atom stereocenters. The first-order valence-corrected chi connectivity index (χ1v) is 15.9. The lowest BCUT2D eigenvalue weighted by atomic mass is 9.63. The summed E-state index contributed by atoms with van der Waals surface area (Å²) in [5.74, 6) is 3.19. The second-order valence-electron chi connectivity index (χ2n) is 13.4. The lowest BCUT2D eigenvalue weighted by Crippen LogP contribution is -2.45. The van der Waals surface area contributed by atoms with Gasteiger partial charge < -0.3 is 0 Å². The van der Waals surface area contributed by atoms with E-state index in [2.05, 4.69) is 13.8 Å². The Kier molecular flexibility index (Phi) is 10.8. The maximum atomic E-state index is 15.4. The molecule has 0 radical (unpaired) electrons. The zero-order valence-corrected chi connectivity index (χ0v) is 22.9. The monoisotopic (exact) mass is 496 g/mol. The second kappa shape index (κ2) is 13.5. The summed E-state index contributed by atoms with van der Waals surface area (Å²) < 4.78 is 45.4. The average molecular weight is 497 g/mol. The van der Waals surface area contributed by atoms with Gasteiger partial charge in [0.1, 0.15) is 18.5 Å². The SMILES string of the molecule is CCCCC1CCC(CCC2CCC(C3CCC(C4CCC(CC)CC4)C(F)[C@H]3F)CC2)CC1F. The molecule has 0 heterocycles. The fourth-order valence-electron chi connectivity index (χ4n) is 8.88. The Balaban J connectivity index is 1.16. The number of unbranched alkanes of at least 4 members (excludes halogenated alkanes) is 1. The van der Waals surface area contributed by atoms with Crippen molar-refractivity contribution >= 4 is 0 Å². The topological polar surface area (TPSA) is 0 Å². The zero-order valence-electron chi connectivity index (χ0n) is 22.9. The van der Waals surface area contributed by atoms with Crippen molar-refractivity contribution in [1.82, 2.24) is 0 Å². The van der Waals surface area contributed by atoms with Crippen molar-refractivity contribution in [1.29, 1.82) is 0 Å². The van der Waals surface area contributed by atoms with Crippen LogP contribution in [0.3, 0.4) is 0 Å².